The molecule has 10 nitrogen and oxygen atoms in total. The number of hydrogen-bond donors (Lipinski definition) is 1. The van der Waals surface area contributed by atoms with Crippen LogP contribution in [0.3, 0.4) is 0 Å². The monoisotopic (exact) mass is 523 g/mol. The van der Waals surface area contributed by atoms with Crippen molar-refractivity contribution in [2.75, 3.05) is 11.9 Å². The first-order chi connectivity index (χ1) is 18.0. The number of benzene rings is 1. The number of phenolic OH excluding ortho intramolecular Hbond substituents is 1. The minimum atomic E-state index is -1.28. The van der Waals surface area contributed by atoms with Gasteiger partial charge in [0.15, 0.2) is 0 Å². The number of anilines is 1. The minimum absolute atomic E-state index is 0.0507. The molecular weight excluding hydrogens is 489 g/mol. The van der Waals surface area contributed by atoms with Crippen LogP contribution in [-0.2, 0) is 11.8 Å². The van der Waals surface area contributed by atoms with Crippen molar-refractivity contribution in [1.29, 1.82) is 0 Å². The second-order valence-electron chi connectivity index (χ2n) is 11.2. The molecule has 202 valence electrons. The molecule has 0 spiro atoms. The standard InChI is InChI=1S/C27H34FN7O3/c1-27(2,3)38-26(37)35-18-7-6-8-21(35)24(28)22(12-18)34(5)25-29-14-20(31-32-25)19-10-9-16(11-23(19)36)17-13-30-33(4)15-17/h9-11,13-15,18,21-22,24,36H,6-8,12H2,1-5H3/t18-,21+,22-,24+/m1/s1. The number of nitrogens with zero attached hydrogens (tertiary/aromatic N) is 7. The number of hydrogen-bond acceptors (Lipinski definition) is 8. The number of aryl methyl sites for hydroxylation is 1. The fourth-order valence-electron chi connectivity index (χ4n) is 5.49. The van der Waals surface area contributed by atoms with Gasteiger partial charge in [0, 0.05) is 37.5 Å². The summed E-state index contributed by atoms with van der Waals surface area (Å²) in [6.07, 6.45) is 6.11. The first-order valence-electron chi connectivity index (χ1n) is 12.9. The highest BCUT2D eigenvalue weighted by molar-refractivity contribution is 5.73. The second-order valence-corrected chi connectivity index (χ2v) is 11.2. The molecule has 11 heteroatoms. The zero-order chi connectivity index (χ0) is 27.2. The number of alkyl halides is 1. The van der Waals surface area contributed by atoms with Crippen LogP contribution >= 0.6 is 0 Å². The van der Waals surface area contributed by atoms with E-state index in [1.54, 1.807) is 39.9 Å². The maximum atomic E-state index is 15.9. The largest absolute Gasteiger partial charge is 0.507 e. The van der Waals surface area contributed by atoms with E-state index in [0.717, 1.165) is 24.0 Å². The lowest BCUT2D eigenvalue weighted by Gasteiger charge is -2.51. The molecule has 38 heavy (non-hydrogen) atoms. The van der Waals surface area contributed by atoms with E-state index < -0.39 is 29.9 Å². The summed E-state index contributed by atoms with van der Waals surface area (Å²) in [5, 5.41) is 23.3. The predicted octanol–water partition coefficient (Wildman–Crippen LogP) is 4.35. The molecule has 2 aliphatic rings. The number of halogens is 1. The number of carbonyl (C=O) groups excluding carboxylic acids is 1. The molecule has 5 rings (SSSR count). The summed E-state index contributed by atoms with van der Waals surface area (Å²) < 4.78 is 23.2. The van der Waals surface area contributed by atoms with Gasteiger partial charge in [0.05, 0.1) is 24.5 Å². The topological polar surface area (TPSA) is 110 Å². The van der Waals surface area contributed by atoms with Crippen molar-refractivity contribution in [1.82, 2.24) is 29.9 Å². The maximum absolute atomic E-state index is 15.9. The number of carbonyl (C=O) groups is 1. The third-order valence-electron chi connectivity index (χ3n) is 7.32. The molecular formula is C27H34FN7O3. The molecule has 2 aromatic heterocycles. The predicted molar refractivity (Wildman–Crippen MR) is 140 cm³/mol. The van der Waals surface area contributed by atoms with E-state index in [9.17, 15) is 9.90 Å². The van der Waals surface area contributed by atoms with Gasteiger partial charge in [-0.25, -0.2) is 14.2 Å². The van der Waals surface area contributed by atoms with E-state index in [1.165, 1.54) is 6.20 Å². The molecule has 4 heterocycles. The lowest BCUT2D eigenvalue weighted by molar-refractivity contribution is -0.0468. The van der Waals surface area contributed by atoms with E-state index in [0.29, 0.717) is 24.1 Å². The number of rotatable bonds is 4. The van der Waals surface area contributed by atoms with Gasteiger partial charge in [-0.2, -0.15) is 5.10 Å². The van der Waals surface area contributed by atoms with Crippen LogP contribution < -0.4 is 4.90 Å². The molecule has 4 atom stereocenters. The Hall–Kier alpha value is -3.76. The Bertz CT molecular complexity index is 1310. The summed E-state index contributed by atoms with van der Waals surface area (Å²) in [7, 11) is 3.59. The first-order valence-corrected chi connectivity index (χ1v) is 12.9. The number of ether oxygens (including phenoxy) is 1. The van der Waals surface area contributed by atoms with E-state index in [4.69, 9.17) is 4.74 Å². The summed E-state index contributed by atoms with van der Waals surface area (Å²) in [5.41, 5.74) is 1.98. The molecule has 2 bridgehead atoms. The SMILES string of the molecule is CN(c1ncc(-c2ccc(-c3cnn(C)c3)cc2O)nn1)[C@@H]1C[C@H]2CCC[C@@H]([C@@H]1F)N2C(=O)OC(C)(C)C. The van der Waals surface area contributed by atoms with Gasteiger partial charge in [-0.1, -0.05) is 6.07 Å². The normalized spacial score (nSPS) is 23.3. The van der Waals surface area contributed by atoms with Crippen LogP contribution in [0.1, 0.15) is 46.5 Å². The van der Waals surface area contributed by atoms with Crippen molar-refractivity contribution >= 4 is 12.0 Å². The van der Waals surface area contributed by atoms with Crippen molar-refractivity contribution in [2.24, 2.45) is 7.05 Å². The van der Waals surface area contributed by atoms with Gasteiger partial charge in [0.1, 0.15) is 23.2 Å². The van der Waals surface area contributed by atoms with Gasteiger partial charge in [-0.05, 0) is 64.2 Å². The summed E-state index contributed by atoms with van der Waals surface area (Å²) in [6.45, 7) is 5.45. The smallest absolute Gasteiger partial charge is 0.410 e. The van der Waals surface area contributed by atoms with Crippen LogP contribution in [-0.4, -0.2) is 78.0 Å². The Labute approximate surface area is 221 Å². The number of amides is 1. The van der Waals surface area contributed by atoms with Gasteiger partial charge >= 0.3 is 6.09 Å². The fraction of sp³-hybridized carbons (Fsp3) is 0.519. The van der Waals surface area contributed by atoms with E-state index >= 15 is 4.39 Å². The lowest BCUT2D eigenvalue weighted by atomic mass is 9.80. The Kier molecular flexibility index (Phi) is 6.70. The van der Waals surface area contributed by atoms with Crippen LogP contribution in [0.25, 0.3) is 22.4 Å². The van der Waals surface area contributed by atoms with Crippen LogP contribution in [0.2, 0.25) is 0 Å². The van der Waals surface area contributed by atoms with Crippen molar-refractivity contribution in [3.8, 4) is 28.1 Å². The highest BCUT2D eigenvalue weighted by atomic mass is 19.1. The molecule has 2 saturated heterocycles. The van der Waals surface area contributed by atoms with Crippen molar-refractivity contribution in [3.63, 3.8) is 0 Å². The molecule has 0 unspecified atom stereocenters. The number of fused-ring (bicyclic) bond motifs is 2. The Morgan fingerprint density at radius 1 is 1.18 bits per heavy atom. The molecule has 0 saturated carbocycles. The number of piperidine rings is 2. The molecule has 3 aromatic rings. The molecule has 1 N–H and O–H groups in total. The van der Waals surface area contributed by atoms with Crippen molar-refractivity contribution < 1.29 is 19.0 Å². The fourth-order valence-corrected chi connectivity index (χ4v) is 5.49. The molecule has 0 aliphatic carbocycles. The van der Waals surface area contributed by atoms with Crippen molar-refractivity contribution in [2.45, 2.75) is 76.4 Å². The van der Waals surface area contributed by atoms with Gasteiger partial charge in [0.2, 0.25) is 5.95 Å². The summed E-state index contributed by atoms with van der Waals surface area (Å²) >= 11 is 0. The number of aromatic nitrogens is 5. The third kappa shape index (κ3) is 5.01. The summed E-state index contributed by atoms with van der Waals surface area (Å²) in [4.78, 5) is 20.7. The quantitative estimate of drug-likeness (QED) is 0.538. The molecule has 0 radical (unpaired) electrons. The van der Waals surface area contributed by atoms with Crippen molar-refractivity contribution in [3.05, 3.63) is 36.8 Å². The molecule has 2 fully saturated rings. The van der Waals surface area contributed by atoms with Crippen LogP contribution in [0.5, 0.6) is 5.75 Å². The Morgan fingerprint density at radius 2 is 1.97 bits per heavy atom. The van der Waals surface area contributed by atoms with E-state index in [2.05, 4.69) is 20.3 Å². The Balaban J connectivity index is 1.32. The number of aromatic hydroxyl groups is 1. The van der Waals surface area contributed by atoms with Gasteiger partial charge in [0.25, 0.3) is 0 Å². The second kappa shape index (κ2) is 9.85. The van der Waals surface area contributed by atoms with Crippen LogP contribution in [0.4, 0.5) is 15.1 Å². The summed E-state index contributed by atoms with van der Waals surface area (Å²) in [6, 6.07) is 4.14. The van der Waals surface area contributed by atoms with Gasteiger partial charge < -0.3 is 14.7 Å². The lowest BCUT2D eigenvalue weighted by Crippen LogP contribution is -2.65. The number of phenols is 1. The van der Waals surface area contributed by atoms with E-state index in [1.807, 2.05) is 40.1 Å². The first kappa shape index (κ1) is 25.9. The summed E-state index contributed by atoms with van der Waals surface area (Å²) in [5.74, 6) is 0.339. The molecule has 2 aliphatic heterocycles. The maximum Gasteiger partial charge on any atom is 0.410 e. The third-order valence-corrected chi connectivity index (χ3v) is 7.32. The van der Waals surface area contributed by atoms with E-state index in [-0.39, 0.29) is 17.7 Å². The average Bonchev–Trinajstić information content (AvgIpc) is 3.31. The molecule has 1 amide bonds. The average molecular weight is 524 g/mol. The van der Waals surface area contributed by atoms with Gasteiger partial charge in [-0.15, -0.1) is 10.2 Å². The zero-order valence-corrected chi connectivity index (χ0v) is 22.4. The highest BCUT2D eigenvalue weighted by Crippen LogP contribution is 2.39. The zero-order valence-electron chi connectivity index (χ0n) is 22.4. The Morgan fingerprint density at radius 3 is 2.61 bits per heavy atom. The van der Waals surface area contributed by atoms with Crippen LogP contribution in [0, 0.1) is 0 Å². The minimum Gasteiger partial charge on any atom is -0.507 e. The van der Waals surface area contributed by atoms with Gasteiger partial charge in [-0.3, -0.25) is 9.58 Å². The highest BCUT2D eigenvalue weighted by Gasteiger charge is 2.50. The molecule has 1 aromatic carbocycles. The van der Waals surface area contributed by atoms with Crippen LogP contribution in [0.15, 0.2) is 36.8 Å².